The molecule has 0 aliphatic carbocycles. The third-order valence-corrected chi connectivity index (χ3v) is 3.32. The van der Waals surface area contributed by atoms with Gasteiger partial charge in [0, 0.05) is 12.2 Å². The van der Waals surface area contributed by atoms with E-state index in [0.29, 0.717) is 6.54 Å². The number of rotatable bonds is 3. The van der Waals surface area contributed by atoms with Crippen LogP contribution in [0.4, 0.5) is 10.1 Å². The van der Waals surface area contributed by atoms with Gasteiger partial charge in [-0.05, 0) is 50.1 Å². The monoisotopic (exact) mass is 271 g/mol. The first kappa shape index (κ1) is 14.3. The second kappa shape index (κ2) is 5.87. The fourth-order valence-electron chi connectivity index (χ4n) is 2.23. The van der Waals surface area contributed by atoms with Gasteiger partial charge in [-0.2, -0.15) is 0 Å². The Morgan fingerprint density at radius 3 is 2.45 bits per heavy atom. The maximum atomic E-state index is 14.0. The Hall–Kier alpha value is -2.16. The molecule has 3 heteroatoms. The quantitative estimate of drug-likeness (QED) is 0.822. The number of anilines is 1. The zero-order valence-electron chi connectivity index (χ0n) is 12.0. The molecule has 0 spiro atoms. The number of carbonyl (C=O) groups is 1. The van der Waals surface area contributed by atoms with Crippen molar-refractivity contribution in [3.05, 3.63) is 65.0 Å². The van der Waals surface area contributed by atoms with Crippen molar-refractivity contribution in [2.75, 3.05) is 11.4 Å². The van der Waals surface area contributed by atoms with E-state index in [1.807, 2.05) is 38.1 Å². The average Bonchev–Trinajstić information content (AvgIpc) is 2.41. The number of amides is 1. The Labute approximate surface area is 118 Å². The maximum absolute atomic E-state index is 14.0. The van der Waals surface area contributed by atoms with Gasteiger partial charge >= 0.3 is 0 Å². The lowest BCUT2D eigenvalue weighted by Gasteiger charge is -2.23. The highest BCUT2D eigenvalue weighted by Crippen LogP contribution is 2.22. The molecule has 2 aromatic carbocycles. The van der Waals surface area contributed by atoms with Gasteiger partial charge in [0.2, 0.25) is 0 Å². The Bertz CT molecular complexity index is 637. The van der Waals surface area contributed by atoms with Gasteiger partial charge in [-0.25, -0.2) is 4.39 Å². The molecule has 0 unspecified atom stereocenters. The van der Waals surface area contributed by atoms with E-state index in [-0.39, 0.29) is 11.5 Å². The van der Waals surface area contributed by atoms with Gasteiger partial charge < -0.3 is 4.90 Å². The second-order valence-electron chi connectivity index (χ2n) is 4.82. The van der Waals surface area contributed by atoms with Crippen molar-refractivity contribution in [3.63, 3.8) is 0 Å². The summed E-state index contributed by atoms with van der Waals surface area (Å²) in [5.41, 5.74) is 2.73. The molecule has 0 fully saturated rings. The van der Waals surface area contributed by atoms with Gasteiger partial charge in [-0.1, -0.05) is 24.3 Å². The molecule has 104 valence electrons. The van der Waals surface area contributed by atoms with Crippen molar-refractivity contribution >= 4 is 11.6 Å². The number of para-hydroxylation sites is 1. The molecule has 0 aromatic heterocycles. The highest BCUT2D eigenvalue weighted by atomic mass is 19.1. The summed E-state index contributed by atoms with van der Waals surface area (Å²) in [5, 5.41) is 0. The molecule has 0 bridgehead atoms. The van der Waals surface area contributed by atoms with E-state index < -0.39 is 5.82 Å². The van der Waals surface area contributed by atoms with Gasteiger partial charge in [0.15, 0.2) is 0 Å². The molecule has 2 nitrogen and oxygen atoms in total. The molecule has 0 aliphatic rings. The van der Waals surface area contributed by atoms with Crippen LogP contribution in [0, 0.1) is 19.7 Å². The van der Waals surface area contributed by atoms with Crippen molar-refractivity contribution in [2.45, 2.75) is 20.8 Å². The van der Waals surface area contributed by atoms with Crippen LogP contribution in [0.15, 0.2) is 42.5 Å². The fourth-order valence-corrected chi connectivity index (χ4v) is 2.23. The van der Waals surface area contributed by atoms with E-state index in [0.717, 1.165) is 16.8 Å². The molecule has 2 rings (SSSR count). The number of nitrogens with zero attached hydrogens (tertiary/aromatic N) is 1. The van der Waals surface area contributed by atoms with Crippen molar-refractivity contribution in [1.29, 1.82) is 0 Å². The third kappa shape index (κ3) is 2.72. The molecule has 0 atom stereocenters. The SMILES string of the molecule is CCN(C(=O)c1ccc(C)cc1F)c1ccccc1C. The number of aryl methyl sites for hydroxylation is 2. The van der Waals surface area contributed by atoms with Crippen LogP contribution in [0.2, 0.25) is 0 Å². The molecule has 0 heterocycles. The first-order chi connectivity index (χ1) is 9.54. The third-order valence-electron chi connectivity index (χ3n) is 3.32. The van der Waals surface area contributed by atoms with Gasteiger partial charge in [0.25, 0.3) is 5.91 Å². The van der Waals surface area contributed by atoms with Crippen LogP contribution in [-0.4, -0.2) is 12.5 Å². The van der Waals surface area contributed by atoms with Crippen molar-refractivity contribution in [2.24, 2.45) is 0 Å². The first-order valence-corrected chi connectivity index (χ1v) is 6.68. The summed E-state index contributed by atoms with van der Waals surface area (Å²) < 4.78 is 14.0. The number of hydrogen-bond acceptors (Lipinski definition) is 1. The zero-order valence-corrected chi connectivity index (χ0v) is 12.0. The average molecular weight is 271 g/mol. The van der Waals surface area contributed by atoms with E-state index in [1.54, 1.807) is 24.0 Å². The Morgan fingerprint density at radius 2 is 1.85 bits per heavy atom. The van der Waals surface area contributed by atoms with Crippen molar-refractivity contribution in [3.8, 4) is 0 Å². The first-order valence-electron chi connectivity index (χ1n) is 6.68. The van der Waals surface area contributed by atoms with Crippen LogP contribution in [0.1, 0.15) is 28.4 Å². The summed E-state index contributed by atoms with van der Waals surface area (Å²) in [7, 11) is 0. The molecule has 0 saturated carbocycles. The zero-order chi connectivity index (χ0) is 14.7. The fraction of sp³-hybridized carbons (Fsp3) is 0.235. The van der Waals surface area contributed by atoms with Crippen LogP contribution < -0.4 is 4.90 Å². The standard InChI is InChI=1S/C17H18FNO/c1-4-19(16-8-6-5-7-13(16)3)17(20)14-10-9-12(2)11-15(14)18/h5-11H,4H2,1-3H3. The largest absolute Gasteiger partial charge is 0.308 e. The predicted octanol–water partition coefficient (Wildman–Crippen LogP) is 4.11. The van der Waals surface area contributed by atoms with Gasteiger partial charge in [-0.15, -0.1) is 0 Å². The number of carbonyl (C=O) groups excluding carboxylic acids is 1. The predicted molar refractivity (Wildman–Crippen MR) is 79.7 cm³/mol. The Morgan fingerprint density at radius 1 is 1.15 bits per heavy atom. The topological polar surface area (TPSA) is 20.3 Å². The Kier molecular flexibility index (Phi) is 4.18. The van der Waals surface area contributed by atoms with Gasteiger partial charge in [0.1, 0.15) is 5.82 Å². The molecular formula is C17H18FNO. The second-order valence-corrected chi connectivity index (χ2v) is 4.82. The van der Waals surface area contributed by atoms with Gasteiger partial charge in [0.05, 0.1) is 5.56 Å². The normalized spacial score (nSPS) is 10.4. The van der Waals surface area contributed by atoms with Crippen LogP contribution in [0.5, 0.6) is 0 Å². The molecule has 20 heavy (non-hydrogen) atoms. The molecule has 0 saturated heterocycles. The number of halogens is 1. The minimum Gasteiger partial charge on any atom is -0.308 e. The van der Waals surface area contributed by atoms with E-state index in [2.05, 4.69) is 0 Å². The number of benzene rings is 2. The molecule has 0 aliphatic heterocycles. The van der Waals surface area contributed by atoms with E-state index in [9.17, 15) is 9.18 Å². The van der Waals surface area contributed by atoms with E-state index >= 15 is 0 Å². The molecule has 0 radical (unpaired) electrons. The molecular weight excluding hydrogens is 253 g/mol. The van der Waals surface area contributed by atoms with Crippen LogP contribution in [0.3, 0.4) is 0 Å². The molecule has 2 aromatic rings. The smallest absolute Gasteiger partial charge is 0.261 e. The van der Waals surface area contributed by atoms with Crippen LogP contribution in [0.25, 0.3) is 0 Å². The molecule has 1 amide bonds. The van der Waals surface area contributed by atoms with E-state index in [4.69, 9.17) is 0 Å². The summed E-state index contributed by atoms with van der Waals surface area (Å²) in [6.45, 7) is 6.13. The lowest BCUT2D eigenvalue weighted by molar-refractivity contribution is 0.0984. The van der Waals surface area contributed by atoms with Crippen molar-refractivity contribution in [1.82, 2.24) is 0 Å². The lowest BCUT2D eigenvalue weighted by Crippen LogP contribution is -2.31. The van der Waals surface area contributed by atoms with Crippen LogP contribution >= 0.6 is 0 Å². The lowest BCUT2D eigenvalue weighted by atomic mass is 10.1. The summed E-state index contributed by atoms with van der Waals surface area (Å²) >= 11 is 0. The number of hydrogen-bond donors (Lipinski definition) is 0. The summed E-state index contributed by atoms with van der Waals surface area (Å²) in [5.74, 6) is -0.777. The van der Waals surface area contributed by atoms with Crippen molar-refractivity contribution < 1.29 is 9.18 Å². The van der Waals surface area contributed by atoms with E-state index in [1.165, 1.54) is 6.07 Å². The maximum Gasteiger partial charge on any atom is 0.261 e. The minimum atomic E-state index is -0.470. The highest BCUT2D eigenvalue weighted by molar-refractivity contribution is 6.06. The van der Waals surface area contributed by atoms with Crippen LogP contribution in [-0.2, 0) is 0 Å². The highest BCUT2D eigenvalue weighted by Gasteiger charge is 2.20. The molecule has 0 N–H and O–H groups in total. The Balaban J connectivity index is 2.42. The minimum absolute atomic E-state index is 0.112. The van der Waals surface area contributed by atoms with Gasteiger partial charge in [-0.3, -0.25) is 4.79 Å². The summed E-state index contributed by atoms with van der Waals surface area (Å²) in [6, 6.07) is 12.3. The summed E-state index contributed by atoms with van der Waals surface area (Å²) in [4.78, 5) is 14.1. The summed E-state index contributed by atoms with van der Waals surface area (Å²) in [6.07, 6.45) is 0.